The van der Waals surface area contributed by atoms with Crippen molar-refractivity contribution in [1.29, 1.82) is 0 Å². The first-order valence-corrected chi connectivity index (χ1v) is 6.00. The van der Waals surface area contributed by atoms with Gasteiger partial charge in [-0.2, -0.15) is 0 Å². The molecular weight excluding hydrogens is 246 g/mol. The summed E-state index contributed by atoms with van der Waals surface area (Å²) in [5.74, 6) is -1.14. The minimum atomic E-state index is -1.01. The SMILES string of the molecule is CCOCCC(=O)Nc1cccc(C=CC(=O)O)c1. The highest BCUT2D eigenvalue weighted by atomic mass is 16.5. The van der Waals surface area contributed by atoms with Crippen LogP contribution in [0.25, 0.3) is 6.08 Å². The quantitative estimate of drug-likeness (QED) is 0.584. The van der Waals surface area contributed by atoms with Gasteiger partial charge in [0.2, 0.25) is 5.91 Å². The number of ether oxygens (including phenoxy) is 1. The summed E-state index contributed by atoms with van der Waals surface area (Å²) < 4.78 is 5.09. The van der Waals surface area contributed by atoms with Gasteiger partial charge in [-0.1, -0.05) is 12.1 Å². The molecule has 0 aliphatic heterocycles. The van der Waals surface area contributed by atoms with Gasteiger partial charge in [0.15, 0.2) is 0 Å². The van der Waals surface area contributed by atoms with Crippen LogP contribution >= 0.6 is 0 Å². The van der Waals surface area contributed by atoms with E-state index in [0.717, 1.165) is 6.08 Å². The number of hydrogen-bond acceptors (Lipinski definition) is 3. The lowest BCUT2D eigenvalue weighted by Crippen LogP contribution is -2.14. The molecule has 0 aromatic heterocycles. The standard InChI is InChI=1S/C14H17NO4/c1-2-19-9-8-13(16)15-12-5-3-4-11(10-12)6-7-14(17)18/h3-7,10H,2,8-9H2,1H3,(H,15,16)(H,17,18). The number of nitrogens with one attached hydrogen (secondary N) is 1. The zero-order valence-corrected chi connectivity index (χ0v) is 10.8. The van der Waals surface area contributed by atoms with Crippen LogP contribution in [0.5, 0.6) is 0 Å². The Balaban J connectivity index is 2.56. The van der Waals surface area contributed by atoms with Crippen LogP contribution in [0.15, 0.2) is 30.3 Å². The van der Waals surface area contributed by atoms with Crippen molar-refractivity contribution in [3.05, 3.63) is 35.9 Å². The fourth-order valence-electron chi connectivity index (χ4n) is 1.42. The molecule has 0 atom stereocenters. The molecule has 1 amide bonds. The fourth-order valence-corrected chi connectivity index (χ4v) is 1.42. The average molecular weight is 263 g/mol. The van der Waals surface area contributed by atoms with Gasteiger partial charge in [-0.05, 0) is 30.7 Å². The van der Waals surface area contributed by atoms with E-state index in [2.05, 4.69) is 5.32 Å². The topological polar surface area (TPSA) is 75.6 Å². The van der Waals surface area contributed by atoms with Gasteiger partial charge in [0.05, 0.1) is 13.0 Å². The molecule has 19 heavy (non-hydrogen) atoms. The number of carbonyl (C=O) groups excluding carboxylic acids is 1. The molecule has 0 aliphatic carbocycles. The first-order valence-electron chi connectivity index (χ1n) is 6.00. The summed E-state index contributed by atoms with van der Waals surface area (Å²) in [5.41, 5.74) is 1.35. The van der Waals surface area contributed by atoms with Gasteiger partial charge in [-0.3, -0.25) is 4.79 Å². The summed E-state index contributed by atoms with van der Waals surface area (Å²) in [5, 5.41) is 11.3. The Hall–Kier alpha value is -2.14. The smallest absolute Gasteiger partial charge is 0.328 e. The fraction of sp³-hybridized carbons (Fsp3) is 0.286. The van der Waals surface area contributed by atoms with Gasteiger partial charge in [0.25, 0.3) is 0 Å². The Kier molecular flexibility index (Phi) is 6.32. The van der Waals surface area contributed by atoms with Crippen molar-refractivity contribution < 1.29 is 19.4 Å². The molecule has 0 saturated carbocycles. The van der Waals surface area contributed by atoms with Crippen molar-refractivity contribution in [2.75, 3.05) is 18.5 Å². The molecule has 0 aliphatic rings. The van der Waals surface area contributed by atoms with Gasteiger partial charge >= 0.3 is 5.97 Å². The predicted octanol–water partition coefficient (Wildman–Crippen LogP) is 2.15. The number of aliphatic carboxylic acids is 1. The lowest BCUT2D eigenvalue weighted by Gasteiger charge is -2.06. The zero-order valence-electron chi connectivity index (χ0n) is 10.8. The van der Waals surface area contributed by atoms with E-state index >= 15 is 0 Å². The highest BCUT2D eigenvalue weighted by molar-refractivity contribution is 5.91. The van der Waals surface area contributed by atoms with E-state index in [1.165, 1.54) is 6.08 Å². The maximum Gasteiger partial charge on any atom is 0.328 e. The second-order valence-electron chi connectivity index (χ2n) is 3.79. The molecule has 0 bridgehead atoms. The van der Waals surface area contributed by atoms with Crippen molar-refractivity contribution in [2.24, 2.45) is 0 Å². The van der Waals surface area contributed by atoms with E-state index in [1.54, 1.807) is 24.3 Å². The van der Waals surface area contributed by atoms with Crippen molar-refractivity contribution in [3.8, 4) is 0 Å². The highest BCUT2D eigenvalue weighted by Gasteiger charge is 2.02. The first kappa shape index (κ1) is 14.9. The molecule has 1 aromatic carbocycles. The molecule has 0 fully saturated rings. The Morgan fingerprint density at radius 2 is 2.21 bits per heavy atom. The molecule has 0 radical (unpaired) electrons. The molecule has 5 nitrogen and oxygen atoms in total. The lowest BCUT2D eigenvalue weighted by molar-refractivity contribution is -0.131. The summed E-state index contributed by atoms with van der Waals surface area (Å²) in [6, 6.07) is 6.96. The molecule has 5 heteroatoms. The summed E-state index contributed by atoms with van der Waals surface area (Å²) in [6.45, 7) is 2.85. The monoisotopic (exact) mass is 263 g/mol. The first-order chi connectivity index (χ1) is 9.11. The predicted molar refractivity (Wildman–Crippen MR) is 72.9 cm³/mol. The number of carbonyl (C=O) groups is 2. The number of anilines is 1. The number of amides is 1. The largest absolute Gasteiger partial charge is 0.478 e. The van der Waals surface area contributed by atoms with Crippen LogP contribution < -0.4 is 5.32 Å². The maximum absolute atomic E-state index is 11.6. The maximum atomic E-state index is 11.6. The average Bonchev–Trinajstić information content (AvgIpc) is 2.37. The second-order valence-corrected chi connectivity index (χ2v) is 3.79. The van der Waals surface area contributed by atoms with Crippen molar-refractivity contribution in [2.45, 2.75) is 13.3 Å². The Bertz CT molecular complexity index is 468. The normalized spacial score (nSPS) is 10.6. The van der Waals surface area contributed by atoms with Crippen LogP contribution in [-0.4, -0.2) is 30.2 Å². The van der Waals surface area contributed by atoms with Crippen molar-refractivity contribution in [1.82, 2.24) is 0 Å². The molecule has 0 unspecified atom stereocenters. The van der Waals surface area contributed by atoms with Gasteiger partial charge < -0.3 is 15.2 Å². The zero-order chi connectivity index (χ0) is 14.1. The van der Waals surface area contributed by atoms with Crippen molar-refractivity contribution in [3.63, 3.8) is 0 Å². The van der Waals surface area contributed by atoms with Crippen LogP contribution in [-0.2, 0) is 14.3 Å². The van der Waals surface area contributed by atoms with Gasteiger partial charge in [-0.15, -0.1) is 0 Å². The third kappa shape index (κ3) is 6.38. The van der Waals surface area contributed by atoms with Crippen LogP contribution in [0.2, 0.25) is 0 Å². The van der Waals surface area contributed by atoms with E-state index in [9.17, 15) is 9.59 Å². The van der Waals surface area contributed by atoms with Gasteiger partial charge in [-0.25, -0.2) is 4.79 Å². The van der Waals surface area contributed by atoms with Gasteiger partial charge in [0.1, 0.15) is 0 Å². The molecule has 2 N–H and O–H groups in total. The van der Waals surface area contributed by atoms with Crippen LogP contribution in [0.1, 0.15) is 18.9 Å². The molecule has 102 valence electrons. The summed E-state index contributed by atoms with van der Waals surface area (Å²) >= 11 is 0. The molecule has 1 aromatic rings. The van der Waals surface area contributed by atoms with E-state index in [-0.39, 0.29) is 5.91 Å². The third-order valence-electron chi connectivity index (χ3n) is 2.27. The van der Waals surface area contributed by atoms with Crippen LogP contribution in [0, 0.1) is 0 Å². The highest BCUT2D eigenvalue weighted by Crippen LogP contribution is 2.12. The molecule has 0 spiro atoms. The number of hydrogen-bond donors (Lipinski definition) is 2. The van der Waals surface area contributed by atoms with Crippen LogP contribution in [0.4, 0.5) is 5.69 Å². The van der Waals surface area contributed by atoms with E-state index in [0.29, 0.717) is 30.9 Å². The molecule has 0 heterocycles. The summed E-state index contributed by atoms with van der Waals surface area (Å²) in [4.78, 5) is 22.0. The third-order valence-corrected chi connectivity index (χ3v) is 2.27. The number of rotatable bonds is 7. The van der Waals surface area contributed by atoms with E-state index in [4.69, 9.17) is 9.84 Å². The molecule has 1 rings (SSSR count). The Morgan fingerprint density at radius 1 is 1.42 bits per heavy atom. The van der Waals surface area contributed by atoms with E-state index in [1.807, 2.05) is 6.92 Å². The summed E-state index contributed by atoms with van der Waals surface area (Å²) in [6.07, 6.45) is 2.82. The Labute approximate surface area is 111 Å². The van der Waals surface area contributed by atoms with Crippen molar-refractivity contribution >= 4 is 23.6 Å². The molecule has 0 saturated heterocycles. The lowest BCUT2D eigenvalue weighted by atomic mass is 10.2. The number of benzene rings is 1. The minimum Gasteiger partial charge on any atom is -0.478 e. The Morgan fingerprint density at radius 3 is 2.89 bits per heavy atom. The van der Waals surface area contributed by atoms with E-state index < -0.39 is 5.97 Å². The number of carboxylic acid groups (broad SMARTS) is 1. The van der Waals surface area contributed by atoms with Crippen LogP contribution in [0.3, 0.4) is 0 Å². The van der Waals surface area contributed by atoms with Gasteiger partial charge in [0, 0.05) is 18.4 Å². The number of carboxylic acids is 1. The minimum absolute atomic E-state index is 0.132. The summed E-state index contributed by atoms with van der Waals surface area (Å²) in [7, 11) is 0. The molecular formula is C14H17NO4. The second kappa shape index (κ2) is 8.05.